The Bertz CT molecular complexity index is 81.1. The van der Waals surface area contributed by atoms with Gasteiger partial charge in [0.25, 0.3) is 0 Å². The van der Waals surface area contributed by atoms with Gasteiger partial charge in [0.15, 0.2) is 0 Å². The van der Waals surface area contributed by atoms with Crippen molar-refractivity contribution in [1.29, 1.82) is 0 Å². The number of nitrogens with two attached hydrogens (primary N) is 2. The van der Waals surface area contributed by atoms with Crippen LogP contribution in [0.15, 0.2) is 0 Å². The molecule has 1 atom stereocenters. The molecule has 5 N–H and O–H groups in total. The lowest BCUT2D eigenvalue weighted by molar-refractivity contribution is 0.148. The van der Waals surface area contributed by atoms with Gasteiger partial charge in [-0.15, -0.1) is 0 Å². The van der Waals surface area contributed by atoms with Crippen LogP contribution in [0, 0.1) is 0 Å². The maximum atomic E-state index is 8.86. The molecule has 0 aliphatic carbocycles. The van der Waals surface area contributed by atoms with Gasteiger partial charge in [0.2, 0.25) is 0 Å². The normalized spacial score (nSPS) is 15.7. The molecule has 0 aromatic rings. The molecule has 0 radical (unpaired) electrons. The first-order chi connectivity index (χ1) is 3.98. The summed E-state index contributed by atoms with van der Waals surface area (Å²) in [7, 11) is 0. The highest BCUT2D eigenvalue weighted by atomic mass is 16.3. The van der Waals surface area contributed by atoms with Crippen LogP contribution in [0.2, 0.25) is 0 Å². The fraction of sp³-hybridized carbons (Fsp3) is 1.00. The first kappa shape index (κ1) is 8.88. The molecule has 1 unspecified atom stereocenters. The Morgan fingerprint density at radius 1 is 1.56 bits per heavy atom. The summed E-state index contributed by atoms with van der Waals surface area (Å²) in [4.78, 5) is 0. The topological polar surface area (TPSA) is 72.3 Å². The Morgan fingerprint density at radius 2 is 2.00 bits per heavy atom. The van der Waals surface area contributed by atoms with E-state index in [-0.39, 0.29) is 0 Å². The summed E-state index contributed by atoms with van der Waals surface area (Å²) >= 11 is 0. The van der Waals surface area contributed by atoms with Crippen molar-refractivity contribution in [3.63, 3.8) is 0 Å². The van der Waals surface area contributed by atoms with E-state index in [0.29, 0.717) is 12.8 Å². The third-order valence-electron chi connectivity index (χ3n) is 1.33. The molecule has 0 aliphatic rings. The van der Waals surface area contributed by atoms with Crippen LogP contribution in [0.1, 0.15) is 26.7 Å². The molecule has 0 saturated carbocycles. The van der Waals surface area contributed by atoms with Crippen molar-refractivity contribution in [2.45, 2.75) is 38.5 Å². The first-order valence-corrected chi connectivity index (χ1v) is 3.24. The maximum absolute atomic E-state index is 8.86. The summed E-state index contributed by atoms with van der Waals surface area (Å²) in [5.41, 5.74) is 10.4. The minimum absolute atomic E-state index is 0.403. The van der Waals surface area contributed by atoms with E-state index in [1.807, 2.05) is 6.92 Å². The lowest BCUT2D eigenvalue weighted by atomic mass is 10.0. The molecule has 3 nitrogen and oxygen atoms in total. The Labute approximate surface area is 56.0 Å². The molecule has 0 amide bonds. The van der Waals surface area contributed by atoms with Crippen LogP contribution in [0.4, 0.5) is 0 Å². The summed E-state index contributed by atoms with van der Waals surface area (Å²) in [5.74, 6) is 0. The average molecular weight is 132 g/mol. The van der Waals surface area contributed by atoms with E-state index in [4.69, 9.17) is 16.6 Å². The number of hydrogen-bond acceptors (Lipinski definition) is 3. The predicted molar refractivity (Wildman–Crippen MR) is 37.7 cm³/mol. The Morgan fingerprint density at radius 3 is 2.11 bits per heavy atom. The zero-order chi connectivity index (χ0) is 7.49. The van der Waals surface area contributed by atoms with Gasteiger partial charge in [0.05, 0.1) is 11.8 Å². The third-order valence-corrected chi connectivity index (χ3v) is 1.33. The summed E-state index contributed by atoms with van der Waals surface area (Å²) in [6, 6.07) is 0. The highest BCUT2D eigenvalue weighted by Gasteiger charge is 2.17. The largest absolute Gasteiger partial charge is 0.393 e. The molecule has 0 heterocycles. The summed E-state index contributed by atoms with van der Waals surface area (Å²) in [6.45, 7) is 3.59. The van der Waals surface area contributed by atoms with Crippen molar-refractivity contribution >= 4 is 0 Å². The molecule has 56 valence electrons. The number of rotatable bonds is 3. The quantitative estimate of drug-likeness (QED) is 0.465. The molecule has 0 fully saturated rings. The Kier molecular flexibility index (Phi) is 3.11. The summed E-state index contributed by atoms with van der Waals surface area (Å²) in [6.07, 6.45) is 0.751. The van der Waals surface area contributed by atoms with E-state index >= 15 is 0 Å². The molecule has 0 aromatic carbocycles. The fourth-order valence-corrected chi connectivity index (χ4v) is 0.694. The maximum Gasteiger partial charge on any atom is 0.0658 e. The van der Waals surface area contributed by atoms with Crippen molar-refractivity contribution in [2.24, 2.45) is 11.5 Å². The monoisotopic (exact) mass is 132 g/mol. The standard InChI is InChI=1S/C6H16N2O/c1-3-6(7,8)4-5(2)9/h5,9H,3-4,7-8H2,1-2H3. The highest BCUT2D eigenvalue weighted by Crippen LogP contribution is 2.05. The van der Waals surface area contributed by atoms with Crippen LogP contribution in [0.25, 0.3) is 0 Å². The second kappa shape index (κ2) is 3.15. The summed E-state index contributed by atoms with van der Waals surface area (Å²) in [5, 5.41) is 8.86. The summed E-state index contributed by atoms with van der Waals surface area (Å²) < 4.78 is 0. The van der Waals surface area contributed by atoms with Gasteiger partial charge < -0.3 is 16.6 Å². The van der Waals surface area contributed by atoms with Gasteiger partial charge in [-0.1, -0.05) is 6.92 Å². The van der Waals surface area contributed by atoms with E-state index in [1.54, 1.807) is 6.92 Å². The van der Waals surface area contributed by atoms with Crippen LogP contribution in [0.3, 0.4) is 0 Å². The van der Waals surface area contributed by atoms with Crippen molar-refractivity contribution < 1.29 is 5.11 Å². The van der Waals surface area contributed by atoms with E-state index in [9.17, 15) is 0 Å². The number of aliphatic hydroxyl groups excluding tert-OH is 1. The van der Waals surface area contributed by atoms with E-state index in [0.717, 1.165) is 0 Å². The number of hydrogen-bond donors (Lipinski definition) is 3. The van der Waals surface area contributed by atoms with Gasteiger partial charge in [-0.05, 0) is 13.3 Å². The third kappa shape index (κ3) is 4.39. The van der Waals surface area contributed by atoms with Crippen LogP contribution in [-0.2, 0) is 0 Å². The highest BCUT2D eigenvalue weighted by molar-refractivity contribution is 4.76. The molecule has 0 bridgehead atoms. The molecule has 0 rings (SSSR count). The fourth-order valence-electron chi connectivity index (χ4n) is 0.694. The molecule has 9 heavy (non-hydrogen) atoms. The van der Waals surface area contributed by atoms with Crippen LogP contribution in [0.5, 0.6) is 0 Å². The minimum Gasteiger partial charge on any atom is -0.393 e. The Hall–Kier alpha value is -0.120. The van der Waals surface area contributed by atoms with Crippen molar-refractivity contribution in [3.05, 3.63) is 0 Å². The van der Waals surface area contributed by atoms with Gasteiger partial charge in [0.1, 0.15) is 0 Å². The van der Waals surface area contributed by atoms with Crippen LogP contribution >= 0.6 is 0 Å². The van der Waals surface area contributed by atoms with Gasteiger partial charge in [-0.2, -0.15) is 0 Å². The van der Waals surface area contributed by atoms with Crippen molar-refractivity contribution in [3.8, 4) is 0 Å². The molecular weight excluding hydrogens is 116 g/mol. The lowest BCUT2D eigenvalue weighted by Gasteiger charge is -2.23. The van der Waals surface area contributed by atoms with E-state index < -0.39 is 11.8 Å². The van der Waals surface area contributed by atoms with Crippen LogP contribution < -0.4 is 11.5 Å². The second-order valence-electron chi connectivity index (χ2n) is 2.64. The zero-order valence-corrected chi connectivity index (χ0v) is 6.09. The van der Waals surface area contributed by atoms with Gasteiger partial charge in [-0.25, -0.2) is 0 Å². The molecule has 0 spiro atoms. The number of aliphatic hydroxyl groups is 1. The molecular formula is C6H16N2O. The van der Waals surface area contributed by atoms with Crippen molar-refractivity contribution in [1.82, 2.24) is 0 Å². The van der Waals surface area contributed by atoms with Gasteiger partial charge in [-0.3, -0.25) is 0 Å². The lowest BCUT2D eigenvalue weighted by Crippen LogP contribution is -2.50. The molecule has 0 aliphatic heterocycles. The predicted octanol–water partition coefficient (Wildman–Crippen LogP) is -0.219. The van der Waals surface area contributed by atoms with Gasteiger partial charge in [0, 0.05) is 6.42 Å². The Balaban J connectivity index is 3.58. The minimum atomic E-state index is -0.686. The zero-order valence-electron chi connectivity index (χ0n) is 6.09. The SMILES string of the molecule is CCC(N)(N)CC(C)O. The molecule has 0 aromatic heterocycles. The van der Waals surface area contributed by atoms with Crippen LogP contribution in [-0.4, -0.2) is 16.9 Å². The van der Waals surface area contributed by atoms with Gasteiger partial charge >= 0.3 is 0 Å². The first-order valence-electron chi connectivity index (χ1n) is 3.24. The smallest absolute Gasteiger partial charge is 0.0658 e. The molecule has 3 heteroatoms. The van der Waals surface area contributed by atoms with Crippen molar-refractivity contribution in [2.75, 3.05) is 0 Å². The van der Waals surface area contributed by atoms with E-state index in [2.05, 4.69) is 0 Å². The average Bonchev–Trinajstić information content (AvgIpc) is 1.63. The molecule has 0 saturated heterocycles. The second-order valence-corrected chi connectivity index (χ2v) is 2.64. The van der Waals surface area contributed by atoms with E-state index in [1.165, 1.54) is 0 Å².